The van der Waals surface area contributed by atoms with Gasteiger partial charge in [-0.1, -0.05) is 44.2 Å². The zero-order valence-electron chi connectivity index (χ0n) is 14.9. The quantitative estimate of drug-likeness (QED) is 0.882. The molecule has 1 spiro atoms. The Kier molecular flexibility index (Phi) is 6.01. The van der Waals surface area contributed by atoms with Crippen LogP contribution in [0.4, 0.5) is 0 Å². The van der Waals surface area contributed by atoms with Crippen LogP contribution in [-0.4, -0.2) is 25.0 Å². The number of carboxylic acid groups (broad SMARTS) is 1. The number of benzene rings is 1. The molecule has 1 saturated carbocycles. The van der Waals surface area contributed by atoms with E-state index in [1.807, 2.05) is 18.2 Å². The molecule has 3 rings (SSSR count). The van der Waals surface area contributed by atoms with E-state index in [1.165, 1.54) is 5.56 Å². The van der Waals surface area contributed by atoms with E-state index in [0.717, 1.165) is 0 Å². The number of hydrogen-bond donors (Lipinski definition) is 1. The molecule has 5 nitrogen and oxygen atoms in total. The average molecular weight is 335 g/mol. The molecule has 0 bridgehead atoms. The third-order valence-corrected chi connectivity index (χ3v) is 4.58. The minimum atomic E-state index is -0.982. The van der Waals surface area contributed by atoms with Crippen LogP contribution >= 0.6 is 0 Å². The number of aliphatic carboxylic acids is 1. The Bertz CT molecular complexity index is 532. The predicted molar refractivity (Wildman–Crippen MR) is 88.5 cm³/mol. The van der Waals surface area contributed by atoms with E-state index in [-0.39, 0.29) is 5.41 Å². The van der Waals surface area contributed by atoms with Gasteiger partial charge in [-0.3, -0.25) is 0 Å². The van der Waals surface area contributed by atoms with Gasteiger partial charge in [-0.05, 0) is 13.3 Å². The van der Waals surface area contributed by atoms with E-state index in [1.54, 1.807) is 0 Å². The van der Waals surface area contributed by atoms with Gasteiger partial charge in [0.05, 0.1) is 13.2 Å². The smallest absolute Gasteiger partial charge is 0.168 e. The summed E-state index contributed by atoms with van der Waals surface area (Å²) in [6.45, 7) is 7.50. The fraction of sp³-hybridized carbons (Fsp3) is 0.632. The second-order valence-electron chi connectivity index (χ2n) is 7.72. The van der Waals surface area contributed by atoms with Crippen LogP contribution < -0.4 is 10.8 Å². The summed E-state index contributed by atoms with van der Waals surface area (Å²) in [5.41, 5.74) is 5.24. The molecule has 0 radical (unpaired) electrons. The first kappa shape index (κ1) is 18.9. The molecule has 1 aliphatic heterocycles. The molecule has 5 heteroatoms. The van der Waals surface area contributed by atoms with Crippen LogP contribution in [0.25, 0.3) is 0 Å². The molecular weight excluding hydrogens is 306 g/mol. The van der Waals surface area contributed by atoms with Crippen molar-refractivity contribution in [3.63, 3.8) is 0 Å². The maximum absolute atomic E-state index is 10.7. The Balaban J connectivity index is 0.000000198. The topological polar surface area (TPSA) is 86.2 Å². The van der Waals surface area contributed by atoms with Gasteiger partial charge >= 0.3 is 0 Å². The summed E-state index contributed by atoms with van der Waals surface area (Å²) in [6.07, 6.45) is 1.70. The molecule has 1 aliphatic carbocycles. The Hall–Kier alpha value is -1.43. The van der Waals surface area contributed by atoms with Crippen molar-refractivity contribution in [2.45, 2.75) is 51.9 Å². The fourth-order valence-corrected chi connectivity index (χ4v) is 2.96. The molecule has 3 N–H and O–H groups in total. The van der Waals surface area contributed by atoms with Crippen molar-refractivity contribution < 1.29 is 25.1 Å². The molecule has 2 fully saturated rings. The molecule has 1 aromatic carbocycles. The van der Waals surface area contributed by atoms with Gasteiger partial charge in [0.2, 0.25) is 0 Å². The standard InChI is InChI=1S/C11H18O4.C8H11N/c1-10(2)6-14-11(15-7-10)4-3-8(5-11)9(12)13;1-7(9)8-5-3-2-4-6-8/h8H,3-7H2,1-2H3,(H,12,13);2-7H,9H2,1H3/t;7-/m.0/s1. The van der Waals surface area contributed by atoms with Crippen LogP contribution in [0.3, 0.4) is 0 Å². The number of hydrogen-bond acceptors (Lipinski definition) is 4. The molecule has 0 aromatic heterocycles. The van der Waals surface area contributed by atoms with Gasteiger partial charge in [-0.25, -0.2) is 0 Å². The SMILES string of the molecule is CC1(C)COC2(CCC(C(=O)[O-])C2)OC1.C[C@H]([NH3+])c1ccccc1. The van der Waals surface area contributed by atoms with Gasteiger partial charge in [0.15, 0.2) is 5.79 Å². The van der Waals surface area contributed by atoms with Crippen molar-refractivity contribution >= 4 is 5.97 Å². The van der Waals surface area contributed by atoms with Gasteiger partial charge < -0.3 is 25.1 Å². The van der Waals surface area contributed by atoms with Crippen LogP contribution in [-0.2, 0) is 14.3 Å². The van der Waals surface area contributed by atoms with E-state index >= 15 is 0 Å². The molecule has 1 unspecified atom stereocenters. The Morgan fingerprint density at radius 3 is 2.25 bits per heavy atom. The summed E-state index contributed by atoms with van der Waals surface area (Å²) in [5.74, 6) is -2.03. The van der Waals surface area contributed by atoms with Crippen LogP contribution in [0.5, 0.6) is 0 Å². The van der Waals surface area contributed by atoms with Crippen molar-refractivity contribution in [1.82, 2.24) is 0 Å². The zero-order chi connectivity index (χ0) is 17.8. The van der Waals surface area contributed by atoms with E-state index in [2.05, 4.69) is 38.6 Å². The summed E-state index contributed by atoms with van der Waals surface area (Å²) < 4.78 is 11.4. The predicted octanol–water partition coefficient (Wildman–Crippen LogP) is 1.30. The van der Waals surface area contributed by atoms with E-state index < -0.39 is 17.7 Å². The van der Waals surface area contributed by atoms with Crippen molar-refractivity contribution in [3.05, 3.63) is 35.9 Å². The molecular formula is C19H29NO4. The van der Waals surface area contributed by atoms with Gasteiger partial charge in [0, 0.05) is 35.7 Å². The van der Waals surface area contributed by atoms with E-state index in [9.17, 15) is 9.90 Å². The minimum absolute atomic E-state index is 0.0325. The van der Waals surface area contributed by atoms with Gasteiger partial charge in [0.1, 0.15) is 6.04 Å². The molecule has 1 aromatic rings. The lowest BCUT2D eigenvalue weighted by Crippen LogP contribution is -2.51. The molecule has 2 atom stereocenters. The van der Waals surface area contributed by atoms with Crippen LogP contribution in [0.1, 0.15) is 51.6 Å². The second-order valence-corrected chi connectivity index (χ2v) is 7.72. The van der Waals surface area contributed by atoms with Crippen molar-refractivity contribution in [3.8, 4) is 0 Å². The second kappa shape index (κ2) is 7.64. The van der Waals surface area contributed by atoms with Crippen LogP contribution in [0.2, 0.25) is 0 Å². The van der Waals surface area contributed by atoms with Crippen molar-refractivity contribution in [2.24, 2.45) is 11.3 Å². The van der Waals surface area contributed by atoms with E-state index in [0.29, 0.717) is 38.5 Å². The maximum Gasteiger partial charge on any atom is 0.168 e. The highest BCUT2D eigenvalue weighted by molar-refractivity contribution is 5.68. The fourth-order valence-electron chi connectivity index (χ4n) is 2.96. The third-order valence-electron chi connectivity index (χ3n) is 4.58. The summed E-state index contributed by atoms with van der Waals surface area (Å²) in [5, 5.41) is 10.7. The lowest BCUT2D eigenvalue weighted by molar-refractivity contribution is -0.420. The third kappa shape index (κ3) is 5.03. The first-order chi connectivity index (χ1) is 11.2. The highest BCUT2D eigenvalue weighted by Gasteiger charge is 2.46. The number of quaternary nitrogens is 1. The number of carboxylic acids is 1. The molecule has 134 valence electrons. The summed E-state index contributed by atoms with van der Waals surface area (Å²) in [6, 6.07) is 10.7. The normalized spacial score (nSPS) is 25.6. The van der Waals surface area contributed by atoms with Gasteiger partial charge in [-0.2, -0.15) is 0 Å². The number of carbonyl (C=O) groups excluding carboxylic acids is 1. The number of carbonyl (C=O) groups is 1. The molecule has 1 saturated heterocycles. The highest BCUT2D eigenvalue weighted by Crippen LogP contribution is 2.42. The van der Waals surface area contributed by atoms with Crippen molar-refractivity contribution in [1.29, 1.82) is 0 Å². The van der Waals surface area contributed by atoms with Crippen LogP contribution in [0, 0.1) is 11.3 Å². The van der Waals surface area contributed by atoms with Crippen molar-refractivity contribution in [2.75, 3.05) is 13.2 Å². The van der Waals surface area contributed by atoms with Gasteiger partial charge in [0.25, 0.3) is 0 Å². The Labute approximate surface area is 144 Å². The first-order valence-corrected chi connectivity index (χ1v) is 8.60. The maximum atomic E-state index is 10.7. The Morgan fingerprint density at radius 1 is 1.25 bits per heavy atom. The monoisotopic (exact) mass is 335 g/mol. The summed E-state index contributed by atoms with van der Waals surface area (Å²) in [7, 11) is 0. The molecule has 24 heavy (non-hydrogen) atoms. The van der Waals surface area contributed by atoms with E-state index in [4.69, 9.17) is 9.47 Å². The largest absolute Gasteiger partial charge is 0.550 e. The average Bonchev–Trinajstić information content (AvgIpc) is 2.97. The highest BCUT2D eigenvalue weighted by atomic mass is 16.7. The zero-order valence-corrected chi connectivity index (χ0v) is 14.9. The number of ether oxygens (including phenoxy) is 2. The first-order valence-electron chi connectivity index (χ1n) is 8.60. The molecule has 0 amide bonds. The summed E-state index contributed by atoms with van der Waals surface area (Å²) in [4.78, 5) is 10.7. The Morgan fingerprint density at radius 2 is 1.83 bits per heavy atom. The van der Waals surface area contributed by atoms with Crippen LogP contribution in [0.15, 0.2) is 30.3 Å². The lowest BCUT2D eigenvalue weighted by atomic mass is 9.94. The molecule has 1 heterocycles. The molecule has 2 aliphatic rings. The lowest BCUT2D eigenvalue weighted by Gasteiger charge is -2.41. The number of rotatable bonds is 2. The minimum Gasteiger partial charge on any atom is -0.550 e. The summed E-state index contributed by atoms with van der Waals surface area (Å²) >= 11 is 0. The van der Waals surface area contributed by atoms with Gasteiger partial charge in [-0.15, -0.1) is 0 Å².